The van der Waals surface area contributed by atoms with Gasteiger partial charge >= 0.3 is 35.9 Å². The van der Waals surface area contributed by atoms with Crippen LogP contribution in [0.15, 0.2) is 113 Å². The van der Waals surface area contributed by atoms with Crippen molar-refractivity contribution in [3.05, 3.63) is 141 Å². The number of sulfonamides is 1. The van der Waals surface area contributed by atoms with Crippen LogP contribution in [0.4, 0.5) is 32.3 Å². The van der Waals surface area contributed by atoms with E-state index in [2.05, 4.69) is 41.9 Å². The molecule has 6 unspecified atom stereocenters. The van der Waals surface area contributed by atoms with Crippen LogP contribution >= 0.6 is 0 Å². The highest BCUT2D eigenvalue weighted by molar-refractivity contribution is 7.92. The number of fused-ring (bicyclic) bond motifs is 5. The van der Waals surface area contributed by atoms with Crippen LogP contribution in [0.2, 0.25) is 0 Å². The third kappa shape index (κ3) is 19.9. The standard InChI is InChI=1S/C75H91N15O20S/c1-10-29-76-72(104)78-46-19-16-21-48(32-46)111(107,108)84-47-20-15-18-43(31-47)55(34-63(95)96)82-73(105)77-44-25-27-45(28-26-44)79-74(106)88(9)40-62(94)87(8)39-61(93)86(7)38-60(92)85(6)37-59(91)80-56(35-64(97)98)69(101)89-30-17-24-57(89)67(99)83-65(42(4)5)70(102)110-75(12-3)53-33-58-66-51(36-90(58)68(100)52(53)41-109-71(75)103)49(11-2)50-22-13-14-23-54(50)81-66/h13-16,18-23,25-28,31-33,42,55-57,65,73,77,82,84,105H,10-12,17,24,29-30,34-41H2,1-9H3,(H,79,106)(H,80,91)(H,83,99)(H,95,96)(H,97,98)(H2,76,78,104). The number of nitrogens with one attached hydrogen (secondary N) is 8. The number of urea groups is 2. The summed E-state index contributed by atoms with van der Waals surface area (Å²) in [5, 5.41) is 50.1. The first-order valence-corrected chi connectivity index (χ1v) is 37.4. The molecule has 0 bridgehead atoms. The van der Waals surface area contributed by atoms with E-state index in [0.717, 1.165) is 41.0 Å². The van der Waals surface area contributed by atoms with Gasteiger partial charge in [-0.1, -0.05) is 71.0 Å². The Hall–Kier alpha value is -12.1. The minimum atomic E-state index is -4.21. The highest BCUT2D eigenvalue weighted by Gasteiger charge is 2.52. The summed E-state index contributed by atoms with van der Waals surface area (Å²) in [5.41, 5.74) is 2.33. The fraction of sp³-hybridized carbons (Fsp3) is 0.413. The first kappa shape index (κ1) is 83.0. The van der Waals surface area contributed by atoms with E-state index in [1.54, 1.807) is 31.4 Å². The Bertz CT molecular complexity index is 4790. The van der Waals surface area contributed by atoms with Crippen LogP contribution in [-0.2, 0) is 92.6 Å². The van der Waals surface area contributed by atoms with Crippen molar-refractivity contribution in [2.24, 2.45) is 5.92 Å². The van der Waals surface area contributed by atoms with Crippen molar-refractivity contribution in [1.29, 1.82) is 0 Å². The molecule has 2 aromatic heterocycles. The van der Waals surface area contributed by atoms with Gasteiger partial charge in [0.2, 0.25) is 41.0 Å². The minimum absolute atomic E-state index is 0.0586. The lowest BCUT2D eigenvalue weighted by Gasteiger charge is -2.37. The first-order chi connectivity index (χ1) is 52.6. The van der Waals surface area contributed by atoms with Crippen molar-refractivity contribution < 1.29 is 90.7 Å². The SMILES string of the molecule is CCCNC(=O)Nc1cccc(S(=O)(=O)Nc2cccc(C(CC(=O)O)NC(O)Nc3ccc(NC(=O)N(C)CC(=O)N(C)CC(=O)N(C)CC(=O)N(C)CC(=O)NC(CC(=O)O)C(=O)N4CCCC4C(=O)NC(C(=O)OC4(CC)C(=O)OCc5c4cc4n(c5=O)Cc5c-4nc4ccccc4c5CC)C(C)C)cc3)c2)c1. The summed E-state index contributed by atoms with van der Waals surface area (Å²) < 4.78 is 42.6. The van der Waals surface area contributed by atoms with Gasteiger partial charge < -0.3 is 85.8 Å². The Morgan fingerprint density at radius 3 is 2.01 bits per heavy atom. The average Bonchev–Trinajstić information content (AvgIpc) is 1.62. The number of carbonyl (C=O) groups excluding carboxylic acids is 10. The van der Waals surface area contributed by atoms with Crippen LogP contribution in [-0.4, -0.2) is 221 Å². The predicted octanol–water partition coefficient (Wildman–Crippen LogP) is 3.65. The Labute approximate surface area is 638 Å². The van der Waals surface area contributed by atoms with E-state index < -0.39 is 168 Å². The van der Waals surface area contributed by atoms with Crippen LogP contribution in [0.1, 0.15) is 107 Å². The largest absolute Gasteiger partial charge is 0.481 e. The molecule has 0 radical (unpaired) electrons. The van der Waals surface area contributed by atoms with Crippen molar-refractivity contribution in [3.63, 3.8) is 0 Å². The number of esters is 2. The molecule has 0 spiro atoms. The van der Waals surface area contributed by atoms with Crippen LogP contribution in [0.3, 0.4) is 0 Å². The van der Waals surface area contributed by atoms with Crippen LogP contribution in [0.25, 0.3) is 22.3 Å². The van der Waals surface area contributed by atoms with E-state index in [1.807, 2.05) is 38.1 Å². The fourth-order valence-electron chi connectivity index (χ4n) is 13.2. The lowest BCUT2D eigenvalue weighted by atomic mass is 9.85. The maximum Gasteiger partial charge on any atom is 0.355 e. The number of benzene rings is 4. The zero-order valence-electron chi connectivity index (χ0n) is 62.7. The monoisotopic (exact) mass is 1550 g/mol. The number of carbonyl (C=O) groups is 12. The lowest BCUT2D eigenvalue weighted by Crippen LogP contribution is -2.58. The van der Waals surface area contributed by atoms with Gasteiger partial charge in [-0.15, -0.1) is 0 Å². The number of aliphatic hydroxyl groups excluding tert-OH is 1. The number of amides is 10. The maximum atomic E-state index is 14.5. The lowest BCUT2D eigenvalue weighted by molar-refractivity contribution is -0.191. The number of aryl methyl sites for hydroxylation is 1. The number of ether oxygens (including phenoxy) is 2. The molecule has 4 aromatic carbocycles. The molecular formula is C75H91N15O20S. The number of aliphatic carboxylic acids is 2. The molecule has 0 aliphatic carbocycles. The molecule has 1 fully saturated rings. The smallest absolute Gasteiger partial charge is 0.355 e. The molecule has 6 atom stereocenters. The predicted molar refractivity (Wildman–Crippen MR) is 403 cm³/mol. The number of rotatable bonds is 33. The first-order valence-electron chi connectivity index (χ1n) is 35.9. The number of aliphatic hydroxyl groups is 1. The van der Waals surface area contributed by atoms with E-state index in [0.29, 0.717) is 47.5 Å². The molecule has 5 heterocycles. The molecule has 0 saturated carbocycles. The Morgan fingerprint density at radius 1 is 0.721 bits per heavy atom. The number of likely N-dealkylation sites (tertiary alicyclic amines) is 1. The molecule has 3 aliphatic rings. The topological polar surface area (TPSA) is 465 Å². The third-order valence-electron chi connectivity index (χ3n) is 19.2. The van der Waals surface area contributed by atoms with Crippen LogP contribution < -0.4 is 47.5 Å². The van der Waals surface area contributed by atoms with E-state index in [1.165, 1.54) is 101 Å². The van der Waals surface area contributed by atoms with E-state index >= 15 is 0 Å². The summed E-state index contributed by atoms with van der Waals surface area (Å²) >= 11 is 0. The van der Waals surface area contributed by atoms with Gasteiger partial charge in [-0.25, -0.2) is 32.6 Å². The number of cyclic esters (lactones) is 1. The van der Waals surface area contributed by atoms with Gasteiger partial charge in [0.1, 0.15) is 31.3 Å². The number of pyridine rings is 2. The zero-order valence-corrected chi connectivity index (χ0v) is 63.5. The number of para-hydroxylation sites is 1. The summed E-state index contributed by atoms with van der Waals surface area (Å²) in [6, 6.07) is 19.8. The molecule has 592 valence electrons. The molecular weight excluding hydrogens is 1460 g/mol. The summed E-state index contributed by atoms with van der Waals surface area (Å²) in [7, 11) is 0.864. The molecule has 10 amide bonds. The number of hydrogen-bond acceptors (Lipinski definition) is 21. The number of anilines is 4. The number of carboxylic acid groups (broad SMARTS) is 2. The Morgan fingerprint density at radius 2 is 1.36 bits per heavy atom. The molecule has 6 aromatic rings. The van der Waals surface area contributed by atoms with E-state index in [-0.39, 0.29) is 72.0 Å². The van der Waals surface area contributed by atoms with Gasteiger partial charge in [-0.2, -0.15) is 0 Å². The van der Waals surface area contributed by atoms with Gasteiger partial charge in [0.05, 0.1) is 66.4 Å². The average molecular weight is 1550 g/mol. The van der Waals surface area contributed by atoms with Crippen LogP contribution in [0, 0.1) is 5.92 Å². The Balaban J connectivity index is 0.725. The number of aromatic nitrogens is 2. The number of hydrogen-bond donors (Lipinski definition) is 11. The van der Waals surface area contributed by atoms with Gasteiger partial charge in [-0.3, -0.25) is 53.2 Å². The Kier molecular flexibility index (Phi) is 26.9. The van der Waals surface area contributed by atoms with Gasteiger partial charge in [-0.05, 0) is 116 Å². The number of nitrogens with zero attached hydrogens (tertiary/aromatic N) is 7. The van der Waals surface area contributed by atoms with Gasteiger partial charge in [0.25, 0.3) is 15.6 Å². The van der Waals surface area contributed by atoms with Crippen molar-refractivity contribution in [1.82, 2.24) is 55.3 Å². The molecule has 9 rings (SSSR count). The summed E-state index contributed by atoms with van der Waals surface area (Å²) in [6.45, 7) is 6.46. The van der Waals surface area contributed by atoms with Crippen molar-refractivity contribution in [2.45, 2.75) is 134 Å². The quantitative estimate of drug-likeness (QED) is 0.0206. The van der Waals surface area contributed by atoms with Gasteiger partial charge in [0.15, 0.2) is 6.35 Å². The third-order valence-corrected chi connectivity index (χ3v) is 20.5. The fourth-order valence-corrected chi connectivity index (χ4v) is 14.3. The van der Waals surface area contributed by atoms with Gasteiger partial charge in [0, 0.05) is 86.6 Å². The molecule has 1 saturated heterocycles. The summed E-state index contributed by atoms with van der Waals surface area (Å²) in [6.07, 6.45) is -1.58. The maximum absolute atomic E-state index is 14.5. The minimum Gasteiger partial charge on any atom is -0.481 e. The van der Waals surface area contributed by atoms with E-state index in [4.69, 9.17) is 14.5 Å². The molecule has 11 N–H and O–H groups in total. The van der Waals surface area contributed by atoms with E-state index in [9.17, 15) is 86.1 Å². The molecule has 36 heteroatoms. The highest BCUT2D eigenvalue weighted by Crippen LogP contribution is 2.43. The van der Waals surface area contributed by atoms with Crippen molar-refractivity contribution in [3.8, 4) is 11.4 Å². The second-order valence-electron chi connectivity index (χ2n) is 27.5. The molecule has 35 nitrogen and oxygen atoms in total. The van der Waals surface area contributed by atoms with Crippen molar-refractivity contribution >= 4 is 115 Å². The summed E-state index contributed by atoms with van der Waals surface area (Å²) in [5.74, 6) is -10.4. The summed E-state index contributed by atoms with van der Waals surface area (Å²) in [4.78, 5) is 185. The second-order valence-corrected chi connectivity index (χ2v) is 29.2. The van der Waals surface area contributed by atoms with Crippen molar-refractivity contribution in [2.75, 3.05) is 88.1 Å². The highest BCUT2D eigenvalue weighted by atomic mass is 32.2. The number of likely N-dealkylation sites (N-methyl/N-ethyl adjacent to an activating group) is 4. The normalized spacial score (nSPS) is 15.9. The zero-order chi connectivity index (χ0) is 80.9. The second kappa shape index (κ2) is 36.0. The number of carboxylic acids is 2. The van der Waals surface area contributed by atoms with Crippen LogP contribution in [0.5, 0.6) is 0 Å². The molecule has 3 aliphatic heterocycles. The molecule has 111 heavy (non-hydrogen) atoms.